The van der Waals surface area contributed by atoms with Gasteiger partial charge in [0, 0.05) is 5.57 Å². The van der Waals surface area contributed by atoms with Crippen LogP contribution in [0.3, 0.4) is 0 Å². The SMILES string of the molecule is CC(C)/C1=C/[C@@H](O)[C@](C)(O)CC[C@@H](O)[C@]2(C)CCC=C(CC1)C(=O)O2. The first kappa shape index (κ1) is 20.1. The Morgan fingerprint density at radius 2 is 1.88 bits per heavy atom. The molecular weight excluding hydrogens is 320 g/mol. The first-order valence-electron chi connectivity index (χ1n) is 9.26. The van der Waals surface area contributed by atoms with Gasteiger partial charge in [0.2, 0.25) is 0 Å². The van der Waals surface area contributed by atoms with Gasteiger partial charge in [-0.1, -0.05) is 31.6 Å². The van der Waals surface area contributed by atoms with Gasteiger partial charge in [0.15, 0.2) is 0 Å². The van der Waals surface area contributed by atoms with Gasteiger partial charge >= 0.3 is 5.97 Å². The maximum Gasteiger partial charge on any atom is 0.334 e. The lowest BCUT2D eigenvalue weighted by molar-refractivity contribution is -0.168. The van der Waals surface area contributed by atoms with Crippen LogP contribution in [0.5, 0.6) is 0 Å². The summed E-state index contributed by atoms with van der Waals surface area (Å²) in [6, 6.07) is 0. The molecule has 2 aliphatic rings. The molecule has 2 rings (SSSR count). The molecule has 0 aromatic carbocycles. The van der Waals surface area contributed by atoms with E-state index in [9.17, 15) is 20.1 Å². The number of esters is 1. The Balaban J connectivity index is 2.38. The van der Waals surface area contributed by atoms with E-state index in [0.717, 1.165) is 5.57 Å². The molecule has 0 aromatic heterocycles. The summed E-state index contributed by atoms with van der Waals surface area (Å²) < 4.78 is 5.66. The minimum atomic E-state index is -1.34. The van der Waals surface area contributed by atoms with E-state index in [-0.39, 0.29) is 24.7 Å². The third-order valence-corrected chi connectivity index (χ3v) is 5.68. The highest BCUT2D eigenvalue weighted by molar-refractivity contribution is 5.89. The summed E-state index contributed by atoms with van der Waals surface area (Å²) in [5.41, 5.74) is -0.682. The standard InChI is InChI=1S/C20H32O5/c1-13(2)15-8-7-14-6-5-10-20(4,25-18(14)23)16(21)9-11-19(3,24)17(22)12-15/h6,12-13,16-17,21-22,24H,5,7-11H2,1-4H3/b15-12+/t16-,17-,19-,20+/m1/s1. The molecule has 2 bridgehead atoms. The first-order chi connectivity index (χ1) is 11.5. The summed E-state index contributed by atoms with van der Waals surface area (Å²) in [5.74, 6) is -0.164. The predicted octanol–water partition coefficient (Wildman–Crippen LogP) is 2.64. The quantitative estimate of drug-likeness (QED) is 0.499. The Bertz CT molecular complexity index is 560. The number of aliphatic hydroxyl groups excluding tert-OH is 2. The number of carbonyl (C=O) groups excluding carboxylic acids is 1. The number of rotatable bonds is 1. The van der Waals surface area contributed by atoms with Crippen molar-refractivity contribution in [3.05, 3.63) is 23.3 Å². The average molecular weight is 352 g/mol. The maximum absolute atomic E-state index is 12.5. The lowest BCUT2D eigenvalue weighted by atomic mass is 9.84. The van der Waals surface area contributed by atoms with E-state index in [1.807, 2.05) is 19.9 Å². The summed E-state index contributed by atoms with van der Waals surface area (Å²) in [5, 5.41) is 31.7. The molecule has 0 radical (unpaired) electrons. The highest BCUT2D eigenvalue weighted by Crippen LogP contribution is 2.34. The van der Waals surface area contributed by atoms with Gasteiger partial charge < -0.3 is 20.1 Å². The van der Waals surface area contributed by atoms with E-state index in [2.05, 4.69) is 0 Å². The van der Waals surface area contributed by atoms with Crippen molar-refractivity contribution in [2.45, 2.75) is 89.6 Å². The fourth-order valence-electron chi connectivity index (χ4n) is 3.49. The van der Waals surface area contributed by atoms with Crippen LogP contribution >= 0.6 is 0 Å². The zero-order valence-corrected chi connectivity index (χ0v) is 15.8. The minimum absolute atomic E-state index is 0.203. The van der Waals surface area contributed by atoms with Crippen LogP contribution in [-0.4, -0.2) is 44.7 Å². The second-order valence-corrected chi connectivity index (χ2v) is 8.22. The molecule has 0 amide bonds. The molecule has 0 aliphatic carbocycles. The molecule has 142 valence electrons. The smallest absolute Gasteiger partial charge is 0.334 e. The molecule has 25 heavy (non-hydrogen) atoms. The normalized spacial score (nSPS) is 40.1. The summed E-state index contributed by atoms with van der Waals surface area (Å²) in [7, 11) is 0. The second-order valence-electron chi connectivity index (χ2n) is 8.22. The summed E-state index contributed by atoms with van der Waals surface area (Å²) in [4.78, 5) is 12.5. The van der Waals surface area contributed by atoms with Gasteiger partial charge in [-0.25, -0.2) is 4.79 Å². The molecule has 0 unspecified atom stereocenters. The van der Waals surface area contributed by atoms with Crippen molar-refractivity contribution >= 4 is 5.97 Å². The summed E-state index contributed by atoms with van der Waals surface area (Å²) >= 11 is 0. The fourth-order valence-corrected chi connectivity index (χ4v) is 3.49. The van der Waals surface area contributed by atoms with Gasteiger partial charge in [-0.3, -0.25) is 0 Å². The zero-order chi connectivity index (χ0) is 18.8. The molecule has 0 saturated carbocycles. The Kier molecular flexibility index (Phi) is 6.13. The highest BCUT2D eigenvalue weighted by Gasteiger charge is 2.40. The van der Waals surface area contributed by atoms with Gasteiger partial charge in [-0.2, -0.15) is 0 Å². The Morgan fingerprint density at radius 3 is 2.52 bits per heavy atom. The molecule has 0 spiro atoms. The predicted molar refractivity (Wildman–Crippen MR) is 95.8 cm³/mol. The van der Waals surface area contributed by atoms with Crippen LogP contribution in [0.25, 0.3) is 0 Å². The Hall–Kier alpha value is -1.17. The van der Waals surface area contributed by atoms with Gasteiger partial charge in [-0.05, 0) is 58.3 Å². The van der Waals surface area contributed by atoms with Crippen LogP contribution in [0.4, 0.5) is 0 Å². The summed E-state index contributed by atoms with van der Waals surface area (Å²) in [6.45, 7) is 7.39. The molecule has 3 N–H and O–H groups in total. The van der Waals surface area contributed by atoms with E-state index in [1.165, 1.54) is 0 Å². The zero-order valence-electron chi connectivity index (χ0n) is 15.8. The summed E-state index contributed by atoms with van der Waals surface area (Å²) in [6.07, 6.45) is 4.55. The fraction of sp³-hybridized carbons (Fsp3) is 0.750. The number of fused-ring (bicyclic) bond motifs is 3. The maximum atomic E-state index is 12.5. The van der Waals surface area contributed by atoms with Gasteiger partial charge in [-0.15, -0.1) is 0 Å². The van der Waals surface area contributed by atoms with E-state index >= 15 is 0 Å². The lowest BCUT2D eigenvalue weighted by Gasteiger charge is -2.35. The number of hydrogen-bond donors (Lipinski definition) is 3. The van der Waals surface area contributed by atoms with E-state index in [1.54, 1.807) is 19.9 Å². The number of allylic oxidation sites excluding steroid dienone is 2. The molecule has 5 nitrogen and oxygen atoms in total. The van der Waals surface area contributed by atoms with Crippen molar-refractivity contribution in [1.82, 2.24) is 0 Å². The Labute approximate surface area is 150 Å². The van der Waals surface area contributed by atoms with E-state index < -0.39 is 23.4 Å². The highest BCUT2D eigenvalue weighted by atomic mass is 16.6. The van der Waals surface area contributed by atoms with Gasteiger partial charge in [0.1, 0.15) is 11.7 Å². The van der Waals surface area contributed by atoms with Crippen molar-refractivity contribution in [1.29, 1.82) is 0 Å². The van der Waals surface area contributed by atoms with Crippen molar-refractivity contribution in [2.75, 3.05) is 0 Å². The van der Waals surface area contributed by atoms with Crippen LogP contribution in [-0.2, 0) is 9.53 Å². The van der Waals surface area contributed by atoms with Crippen molar-refractivity contribution in [2.24, 2.45) is 5.92 Å². The molecule has 2 heterocycles. The van der Waals surface area contributed by atoms with Crippen LogP contribution in [0, 0.1) is 5.92 Å². The van der Waals surface area contributed by atoms with E-state index in [4.69, 9.17) is 4.74 Å². The third kappa shape index (κ3) is 4.72. The molecule has 4 atom stereocenters. The number of ether oxygens (including phenoxy) is 1. The molecular formula is C20H32O5. The van der Waals surface area contributed by atoms with Crippen molar-refractivity contribution in [3.63, 3.8) is 0 Å². The second kappa shape index (κ2) is 7.60. The Morgan fingerprint density at radius 1 is 1.20 bits per heavy atom. The number of hydrogen-bond acceptors (Lipinski definition) is 5. The monoisotopic (exact) mass is 352 g/mol. The van der Waals surface area contributed by atoms with Gasteiger partial charge in [0.05, 0.1) is 11.7 Å². The third-order valence-electron chi connectivity index (χ3n) is 5.68. The van der Waals surface area contributed by atoms with Crippen LogP contribution in [0.15, 0.2) is 23.3 Å². The van der Waals surface area contributed by atoms with Crippen LogP contribution < -0.4 is 0 Å². The van der Waals surface area contributed by atoms with Crippen LogP contribution in [0.2, 0.25) is 0 Å². The minimum Gasteiger partial charge on any atom is -0.453 e. The van der Waals surface area contributed by atoms with Crippen molar-refractivity contribution in [3.8, 4) is 0 Å². The average Bonchev–Trinajstić information content (AvgIpc) is 2.66. The molecule has 0 saturated heterocycles. The van der Waals surface area contributed by atoms with Crippen LogP contribution in [0.1, 0.15) is 66.2 Å². The molecule has 5 heteroatoms. The lowest BCUT2D eigenvalue weighted by Crippen LogP contribution is -2.45. The van der Waals surface area contributed by atoms with Crippen molar-refractivity contribution < 1.29 is 24.9 Å². The molecule has 0 aromatic rings. The van der Waals surface area contributed by atoms with E-state index in [0.29, 0.717) is 31.3 Å². The number of carbonyl (C=O) groups is 1. The largest absolute Gasteiger partial charge is 0.453 e. The topological polar surface area (TPSA) is 87.0 Å². The molecule has 2 aliphatic heterocycles. The van der Waals surface area contributed by atoms with Gasteiger partial charge in [0.25, 0.3) is 0 Å². The number of aliphatic hydroxyl groups is 3. The first-order valence-corrected chi connectivity index (χ1v) is 9.26. The molecule has 0 fully saturated rings.